The standard InChI is InChI=1S/C41H30Cl2F4O6P2/c1-3-52-41(49)24(2)53-40-35(42)20-21-37(55(51,31-16-8-27(46)9-17-31)32-18-10-28(47)11-19-32)38(40)34-22-33(23-36(43)39(34)48)54(50,29-12-4-25(44)5-13-29)30-14-6-26(45)7-15-30/h4-24,48H,3H2,1-2H3/t24-/m0/s1. The highest BCUT2D eigenvalue weighted by Crippen LogP contribution is 2.53. The number of benzene rings is 6. The number of phenolic OH excluding ortho intramolecular Hbond substituents is 1. The average Bonchev–Trinajstić information content (AvgIpc) is 3.17. The summed E-state index contributed by atoms with van der Waals surface area (Å²) in [5, 5.41) is 11.6. The Morgan fingerprint density at radius 2 is 1.05 bits per heavy atom. The number of hydrogen-bond donors (Lipinski definition) is 1. The Morgan fingerprint density at radius 1 is 0.636 bits per heavy atom. The predicted molar refractivity (Wildman–Crippen MR) is 209 cm³/mol. The smallest absolute Gasteiger partial charge is 0.347 e. The molecule has 6 aromatic rings. The molecule has 0 unspecified atom stereocenters. The van der Waals surface area contributed by atoms with Gasteiger partial charge in [0.1, 0.15) is 34.8 Å². The Balaban J connectivity index is 1.75. The molecule has 14 heteroatoms. The maximum Gasteiger partial charge on any atom is 0.347 e. The van der Waals surface area contributed by atoms with Gasteiger partial charge in [-0.1, -0.05) is 23.2 Å². The van der Waals surface area contributed by atoms with Gasteiger partial charge in [0, 0.05) is 43.0 Å². The van der Waals surface area contributed by atoms with Gasteiger partial charge in [0.05, 0.1) is 16.7 Å². The largest absolute Gasteiger partial charge is 0.506 e. The van der Waals surface area contributed by atoms with Gasteiger partial charge in [0.15, 0.2) is 20.4 Å². The van der Waals surface area contributed by atoms with Crippen molar-refractivity contribution in [3.05, 3.63) is 155 Å². The minimum absolute atomic E-state index is 0.0119. The van der Waals surface area contributed by atoms with Crippen LogP contribution in [0.25, 0.3) is 11.1 Å². The molecule has 0 spiro atoms. The zero-order chi connectivity index (χ0) is 39.7. The molecule has 0 amide bonds. The Kier molecular flexibility index (Phi) is 11.7. The van der Waals surface area contributed by atoms with Gasteiger partial charge in [0.25, 0.3) is 0 Å². The van der Waals surface area contributed by atoms with Crippen LogP contribution < -0.4 is 36.6 Å². The van der Waals surface area contributed by atoms with Crippen molar-refractivity contribution < 1.29 is 46.1 Å². The zero-order valence-electron chi connectivity index (χ0n) is 29.0. The number of hydrogen-bond acceptors (Lipinski definition) is 6. The highest BCUT2D eigenvalue weighted by Gasteiger charge is 2.38. The monoisotopic (exact) mass is 826 g/mol. The fourth-order valence-electron chi connectivity index (χ4n) is 6.10. The van der Waals surface area contributed by atoms with Gasteiger partial charge in [-0.3, -0.25) is 0 Å². The first-order chi connectivity index (χ1) is 26.2. The Bertz CT molecular complexity index is 2380. The van der Waals surface area contributed by atoms with E-state index in [-0.39, 0.29) is 65.4 Å². The van der Waals surface area contributed by atoms with E-state index in [1.165, 1.54) is 79.7 Å². The fraction of sp³-hybridized carbons (Fsp3) is 0.0976. The van der Waals surface area contributed by atoms with Crippen LogP contribution in [0, 0.1) is 23.3 Å². The number of rotatable bonds is 11. The molecule has 6 rings (SSSR count). The van der Waals surface area contributed by atoms with Crippen LogP contribution in [0.1, 0.15) is 13.8 Å². The lowest BCUT2D eigenvalue weighted by Gasteiger charge is -2.27. The quantitative estimate of drug-likeness (QED) is 0.0801. The molecule has 282 valence electrons. The van der Waals surface area contributed by atoms with Crippen molar-refractivity contribution in [2.24, 2.45) is 0 Å². The van der Waals surface area contributed by atoms with Crippen molar-refractivity contribution in [1.82, 2.24) is 0 Å². The van der Waals surface area contributed by atoms with Crippen LogP contribution in [-0.4, -0.2) is 23.8 Å². The van der Waals surface area contributed by atoms with E-state index in [0.717, 1.165) is 48.5 Å². The third-order valence-electron chi connectivity index (χ3n) is 8.78. The van der Waals surface area contributed by atoms with Crippen molar-refractivity contribution in [2.75, 3.05) is 6.61 Å². The summed E-state index contributed by atoms with van der Waals surface area (Å²) in [6.07, 6.45) is -1.33. The minimum Gasteiger partial charge on any atom is -0.506 e. The van der Waals surface area contributed by atoms with Gasteiger partial charge < -0.3 is 23.7 Å². The topological polar surface area (TPSA) is 89.9 Å². The van der Waals surface area contributed by atoms with E-state index in [0.29, 0.717) is 0 Å². The van der Waals surface area contributed by atoms with Crippen LogP contribution in [0.4, 0.5) is 17.6 Å². The summed E-state index contributed by atoms with van der Waals surface area (Å²) in [7, 11) is -8.36. The van der Waals surface area contributed by atoms with E-state index in [9.17, 15) is 27.5 Å². The van der Waals surface area contributed by atoms with Crippen LogP contribution in [-0.2, 0) is 18.7 Å². The summed E-state index contributed by atoms with van der Waals surface area (Å²) in [5.41, 5.74) is -0.397. The molecule has 55 heavy (non-hydrogen) atoms. The molecule has 0 aliphatic heterocycles. The van der Waals surface area contributed by atoms with Gasteiger partial charge in [-0.05, 0) is 135 Å². The molecule has 0 aromatic heterocycles. The highest BCUT2D eigenvalue weighted by molar-refractivity contribution is 7.86. The summed E-state index contributed by atoms with van der Waals surface area (Å²) in [6, 6.07) is 24.4. The van der Waals surface area contributed by atoms with Gasteiger partial charge in [-0.25, -0.2) is 22.4 Å². The first-order valence-electron chi connectivity index (χ1n) is 16.6. The number of halogens is 6. The lowest BCUT2D eigenvalue weighted by Crippen LogP contribution is -2.30. The van der Waals surface area contributed by atoms with Crippen molar-refractivity contribution in [1.29, 1.82) is 0 Å². The Morgan fingerprint density at radius 3 is 1.47 bits per heavy atom. The van der Waals surface area contributed by atoms with Crippen LogP contribution >= 0.6 is 37.5 Å². The van der Waals surface area contributed by atoms with Crippen LogP contribution in [0.3, 0.4) is 0 Å². The van der Waals surface area contributed by atoms with E-state index >= 15 is 9.13 Å². The van der Waals surface area contributed by atoms with E-state index in [1.54, 1.807) is 6.92 Å². The molecule has 6 aromatic carbocycles. The summed E-state index contributed by atoms with van der Waals surface area (Å²) in [6.45, 7) is 2.99. The number of aromatic hydroxyl groups is 1. The van der Waals surface area contributed by atoms with E-state index < -0.39 is 55.4 Å². The molecule has 0 saturated carbocycles. The molecule has 1 atom stereocenters. The Hall–Kier alpha value is -4.85. The molecule has 6 nitrogen and oxygen atoms in total. The summed E-state index contributed by atoms with van der Waals surface area (Å²) in [5.74, 6) is -4.17. The number of ether oxygens (including phenoxy) is 2. The second kappa shape index (κ2) is 16.1. The summed E-state index contributed by atoms with van der Waals surface area (Å²) in [4.78, 5) is 12.9. The number of carbonyl (C=O) groups is 1. The maximum absolute atomic E-state index is 15.9. The van der Waals surface area contributed by atoms with E-state index in [2.05, 4.69) is 0 Å². The SMILES string of the molecule is CCOC(=O)[C@H](C)Oc1c(Cl)ccc(P(=O)(c2ccc(F)cc2)c2ccc(F)cc2)c1-c1cc(P(=O)(c2ccc(F)cc2)c2ccc(F)cc2)cc(Cl)c1O. The Labute approximate surface area is 324 Å². The summed E-state index contributed by atoms with van der Waals surface area (Å²) < 4.78 is 99.8. The van der Waals surface area contributed by atoms with Gasteiger partial charge in [-0.2, -0.15) is 0 Å². The van der Waals surface area contributed by atoms with Crippen molar-refractivity contribution in [2.45, 2.75) is 20.0 Å². The van der Waals surface area contributed by atoms with Crippen molar-refractivity contribution in [3.63, 3.8) is 0 Å². The van der Waals surface area contributed by atoms with E-state index in [1.807, 2.05) is 0 Å². The number of esters is 1. The maximum atomic E-state index is 15.9. The van der Waals surface area contributed by atoms with Crippen molar-refractivity contribution in [3.8, 4) is 22.6 Å². The van der Waals surface area contributed by atoms with Gasteiger partial charge >= 0.3 is 5.97 Å². The lowest BCUT2D eigenvalue weighted by molar-refractivity contribution is -0.150. The molecule has 0 aliphatic rings. The molecule has 0 radical (unpaired) electrons. The van der Waals surface area contributed by atoms with Crippen LogP contribution in [0.2, 0.25) is 10.0 Å². The van der Waals surface area contributed by atoms with Crippen LogP contribution in [0.15, 0.2) is 121 Å². The highest BCUT2D eigenvalue weighted by atomic mass is 35.5. The predicted octanol–water partition coefficient (Wildman–Crippen LogP) is 8.53. The second-order valence-electron chi connectivity index (χ2n) is 12.2. The first kappa shape index (κ1) is 39.8. The molecular formula is C41H30Cl2F4O6P2. The van der Waals surface area contributed by atoms with Crippen molar-refractivity contribution >= 4 is 75.3 Å². The summed E-state index contributed by atoms with van der Waals surface area (Å²) >= 11 is 13.5. The fourth-order valence-corrected chi connectivity index (χ4v) is 12.1. The molecular weight excluding hydrogens is 797 g/mol. The zero-order valence-corrected chi connectivity index (χ0v) is 32.3. The molecule has 0 bridgehead atoms. The number of carbonyl (C=O) groups excluding carboxylic acids is 1. The number of phenols is 1. The van der Waals surface area contributed by atoms with E-state index in [4.69, 9.17) is 32.7 Å². The molecule has 0 heterocycles. The molecule has 0 aliphatic carbocycles. The molecule has 1 N–H and O–H groups in total. The lowest BCUT2D eigenvalue weighted by atomic mass is 10.0. The first-order valence-corrected chi connectivity index (χ1v) is 20.8. The molecule has 0 saturated heterocycles. The second-order valence-corrected chi connectivity index (χ2v) is 18.5. The minimum atomic E-state index is -4.26. The van der Waals surface area contributed by atoms with Gasteiger partial charge in [0.2, 0.25) is 0 Å². The third kappa shape index (κ3) is 7.70. The average molecular weight is 828 g/mol. The normalized spacial score (nSPS) is 12.3. The van der Waals surface area contributed by atoms with Crippen LogP contribution in [0.5, 0.6) is 11.5 Å². The third-order valence-corrected chi connectivity index (χ3v) is 15.5. The molecule has 0 fully saturated rings. The van der Waals surface area contributed by atoms with Gasteiger partial charge in [-0.15, -0.1) is 0 Å².